The highest BCUT2D eigenvalue weighted by Crippen LogP contribution is 2.29. The molecule has 1 aliphatic heterocycles. The zero-order valence-corrected chi connectivity index (χ0v) is 16.6. The molecule has 1 unspecified atom stereocenters. The second-order valence-electron chi connectivity index (χ2n) is 6.59. The van der Waals surface area contributed by atoms with E-state index in [1.807, 2.05) is 72.8 Å². The number of ether oxygens (including phenoxy) is 2. The number of carbonyl (C=O) groups excluding carboxylic acids is 2. The van der Waals surface area contributed by atoms with Gasteiger partial charge in [0.15, 0.2) is 0 Å². The largest absolute Gasteiger partial charge is 0.497 e. The van der Waals surface area contributed by atoms with Crippen molar-refractivity contribution < 1.29 is 19.1 Å². The van der Waals surface area contributed by atoms with Crippen molar-refractivity contribution in [3.63, 3.8) is 0 Å². The molecule has 1 saturated heterocycles. The molecule has 0 radical (unpaired) electrons. The topological polar surface area (TPSA) is 64.6 Å². The lowest BCUT2D eigenvalue weighted by molar-refractivity contribution is -0.118. The van der Waals surface area contributed by atoms with Crippen LogP contribution in [0.5, 0.6) is 17.2 Å². The van der Waals surface area contributed by atoms with Crippen molar-refractivity contribution in [3.05, 3.63) is 78.4 Å². The van der Waals surface area contributed by atoms with Gasteiger partial charge in [-0.1, -0.05) is 48.2 Å². The van der Waals surface area contributed by atoms with Crippen LogP contribution in [0.1, 0.15) is 5.56 Å². The maximum atomic E-state index is 11.7. The molecule has 0 spiro atoms. The molecule has 6 heteroatoms. The summed E-state index contributed by atoms with van der Waals surface area (Å²) in [4.78, 5) is 23.0. The van der Waals surface area contributed by atoms with Crippen molar-refractivity contribution in [2.45, 2.75) is 11.7 Å². The molecular formula is C23H19NO4S. The lowest BCUT2D eigenvalue weighted by Gasteiger charge is -2.10. The molecule has 1 fully saturated rings. The molecule has 2 amide bonds. The molecule has 0 aromatic heterocycles. The Balaban J connectivity index is 1.44. The predicted octanol–water partition coefficient (Wildman–Crippen LogP) is 5.05. The van der Waals surface area contributed by atoms with Gasteiger partial charge in [0.2, 0.25) is 5.91 Å². The van der Waals surface area contributed by atoms with Crippen LogP contribution in [0.25, 0.3) is 11.1 Å². The summed E-state index contributed by atoms with van der Waals surface area (Å²) in [7, 11) is 1.65. The molecule has 5 nitrogen and oxygen atoms in total. The molecule has 29 heavy (non-hydrogen) atoms. The van der Waals surface area contributed by atoms with E-state index in [1.54, 1.807) is 7.11 Å². The maximum absolute atomic E-state index is 11.7. The molecule has 0 saturated carbocycles. The molecule has 4 rings (SSSR count). The van der Waals surface area contributed by atoms with Gasteiger partial charge >= 0.3 is 0 Å². The third-order valence-corrected chi connectivity index (χ3v) is 5.59. The van der Waals surface area contributed by atoms with Crippen molar-refractivity contribution >= 4 is 22.9 Å². The summed E-state index contributed by atoms with van der Waals surface area (Å²) in [6.45, 7) is 0. The number of amides is 2. The van der Waals surface area contributed by atoms with Gasteiger partial charge in [-0.3, -0.25) is 14.9 Å². The van der Waals surface area contributed by atoms with Crippen molar-refractivity contribution in [1.82, 2.24) is 5.32 Å². The van der Waals surface area contributed by atoms with Crippen LogP contribution in [0.15, 0.2) is 72.8 Å². The summed E-state index contributed by atoms with van der Waals surface area (Å²) in [6.07, 6.45) is 0.509. The monoisotopic (exact) mass is 405 g/mol. The first-order chi connectivity index (χ1) is 14.1. The van der Waals surface area contributed by atoms with Crippen molar-refractivity contribution in [2.75, 3.05) is 7.11 Å². The molecule has 1 atom stereocenters. The van der Waals surface area contributed by atoms with Crippen LogP contribution in [0.2, 0.25) is 0 Å². The van der Waals surface area contributed by atoms with Crippen molar-refractivity contribution in [2.24, 2.45) is 0 Å². The second kappa shape index (κ2) is 8.41. The number of hydrogen-bond acceptors (Lipinski definition) is 5. The lowest BCUT2D eigenvalue weighted by Crippen LogP contribution is -2.25. The highest BCUT2D eigenvalue weighted by atomic mass is 32.2. The SMILES string of the molecule is COc1ccc(-c2cccc(Oc3ccc(CC4SC(=O)NC4=O)cc3)c2)cc1. The number of nitrogens with one attached hydrogen (secondary N) is 1. The van der Waals surface area contributed by atoms with E-state index in [0.717, 1.165) is 40.0 Å². The van der Waals surface area contributed by atoms with Gasteiger partial charge in [-0.25, -0.2) is 0 Å². The quantitative estimate of drug-likeness (QED) is 0.622. The van der Waals surface area contributed by atoms with E-state index in [9.17, 15) is 9.59 Å². The molecule has 146 valence electrons. The number of methoxy groups -OCH3 is 1. The fraction of sp³-hybridized carbons (Fsp3) is 0.130. The fourth-order valence-corrected chi connectivity index (χ4v) is 3.95. The van der Waals surface area contributed by atoms with Gasteiger partial charge in [0.1, 0.15) is 17.2 Å². The Morgan fingerprint density at radius 2 is 1.59 bits per heavy atom. The van der Waals surface area contributed by atoms with E-state index < -0.39 is 0 Å². The van der Waals surface area contributed by atoms with E-state index in [-0.39, 0.29) is 16.4 Å². The summed E-state index contributed by atoms with van der Waals surface area (Å²) < 4.78 is 11.2. The summed E-state index contributed by atoms with van der Waals surface area (Å²) in [5.74, 6) is 2.04. The Bertz CT molecular complexity index is 1030. The van der Waals surface area contributed by atoms with Gasteiger partial charge in [-0.15, -0.1) is 0 Å². The van der Waals surface area contributed by atoms with Gasteiger partial charge in [0.05, 0.1) is 12.4 Å². The first kappa shape index (κ1) is 19.1. The van der Waals surface area contributed by atoms with Gasteiger partial charge in [-0.05, 0) is 59.5 Å². The standard InChI is InChI=1S/C23H19NO4S/c1-27-18-11-7-16(8-12-18)17-3-2-4-20(14-17)28-19-9-5-15(6-10-19)13-21-22(25)24-23(26)29-21/h2-12,14,21H,13H2,1H3,(H,24,25,26). The Morgan fingerprint density at radius 1 is 0.862 bits per heavy atom. The van der Waals surface area contributed by atoms with E-state index >= 15 is 0 Å². The van der Waals surface area contributed by atoms with Crippen LogP contribution in [0.4, 0.5) is 4.79 Å². The molecule has 0 aliphatic carbocycles. The molecular weight excluding hydrogens is 386 g/mol. The van der Waals surface area contributed by atoms with E-state index in [0.29, 0.717) is 12.2 Å². The van der Waals surface area contributed by atoms with Crippen LogP contribution in [-0.4, -0.2) is 23.5 Å². The van der Waals surface area contributed by atoms with Crippen LogP contribution in [-0.2, 0) is 11.2 Å². The summed E-state index contributed by atoms with van der Waals surface area (Å²) in [6, 6.07) is 23.3. The van der Waals surface area contributed by atoms with E-state index in [4.69, 9.17) is 9.47 Å². The molecule has 3 aromatic carbocycles. The number of thioether (sulfide) groups is 1. The third-order valence-electron chi connectivity index (χ3n) is 4.60. The number of imide groups is 1. The normalized spacial score (nSPS) is 15.8. The fourth-order valence-electron chi connectivity index (χ4n) is 3.09. The highest BCUT2D eigenvalue weighted by molar-refractivity contribution is 8.15. The van der Waals surface area contributed by atoms with Gasteiger partial charge in [0, 0.05) is 0 Å². The van der Waals surface area contributed by atoms with Crippen molar-refractivity contribution in [1.29, 1.82) is 0 Å². The zero-order chi connectivity index (χ0) is 20.2. The Kier molecular flexibility index (Phi) is 5.53. The van der Waals surface area contributed by atoms with Gasteiger partial charge in [0.25, 0.3) is 5.24 Å². The van der Waals surface area contributed by atoms with Crippen LogP contribution in [0.3, 0.4) is 0 Å². The number of benzene rings is 3. The van der Waals surface area contributed by atoms with Gasteiger partial charge < -0.3 is 9.47 Å². The third kappa shape index (κ3) is 4.60. The minimum absolute atomic E-state index is 0.226. The number of rotatable bonds is 6. The van der Waals surface area contributed by atoms with E-state index in [1.165, 1.54) is 0 Å². The summed E-state index contributed by atoms with van der Waals surface area (Å²) in [5.41, 5.74) is 3.11. The van der Waals surface area contributed by atoms with Crippen LogP contribution < -0.4 is 14.8 Å². The predicted molar refractivity (Wildman–Crippen MR) is 114 cm³/mol. The Hall–Kier alpha value is -3.25. The zero-order valence-electron chi connectivity index (χ0n) is 15.8. The Morgan fingerprint density at radius 3 is 2.24 bits per heavy atom. The minimum atomic E-state index is -0.365. The second-order valence-corrected chi connectivity index (χ2v) is 7.77. The van der Waals surface area contributed by atoms with E-state index in [2.05, 4.69) is 5.32 Å². The van der Waals surface area contributed by atoms with Crippen LogP contribution in [0, 0.1) is 0 Å². The van der Waals surface area contributed by atoms with Crippen molar-refractivity contribution in [3.8, 4) is 28.4 Å². The maximum Gasteiger partial charge on any atom is 0.286 e. The highest BCUT2D eigenvalue weighted by Gasteiger charge is 2.31. The van der Waals surface area contributed by atoms with Gasteiger partial charge in [-0.2, -0.15) is 0 Å². The minimum Gasteiger partial charge on any atom is -0.497 e. The lowest BCUT2D eigenvalue weighted by atomic mass is 10.1. The summed E-state index contributed by atoms with van der Waals surface area (Å²) in [5, 5.41) is 1.66. The van der Waals surface area contributed by atoms with Crippen LogP contribution >= 0.6 is 11.8 Å². The first-order valence-corrected chi connectivity index (χ1v) is 10.0. The number of carbonyl (C=O) groups is 2. The molecule has 1 N–H and O–H groups in total. The summed E-state index contributed by atoms with van der Waals surface area (Å²) >= 11 is 1.04. The average Bonchev–Trinajstić information content (AvgIpc) is 3.06. The molecule has 1 aliphatic rings. The molecule has 1 heterocycles. The molecule has 0 bridgehead atoms. The number of hydrogen-bond donors (Lipinski definition) is 1. The molecule has 3 aromatic rings. The Labute approximate surface area is 173 Å². The first-order valence-electron chi connectivity index (χ1n) is 9.13. The average molecular weight is 405 g/mol. The smallest absolute Gasteiger partial charge is 0.286 e.